The molecule has 1 aromatic rings. The zero-order chi connectivity index (χ0) is 15.6. The molecule has 1 aromatic carbocycles. The number of benzene rings is 1. The van der Waals surface area contributed by atoms with Gasteiger partial charge >= 0.3 is 6.09 Å². The largest absolute Gasteiger partial charge is 0.444 e. The first-order valence-corrected chi connectivity index (χ1v) is 7.67. The number of nitrogens with one attached hydrogen (secondary N) is 2. The fourth-order valence-electron chi connectivity index (χ4n) is 2.42. The smallest absolute Gasteiger partial charge is 0.407 e. The molecule has 0 saturated carbocycles. The van der Waals surface area contributed by atoms with Crippen LogP contribution in [-0.4, -0.2) is 30.8 Å². The molecule has 1 aliphatic rings. The third-order valence-corrected chi connectivity index (χ3v) is 3.84. The number of halogens is 2. The molecule has 0 spiro atoms. The van der Waals surface area contributed by atoms with Crippen LogP contribution in [0.2, 0.25) is 10.0 Å². The summed E-state index contributed by atoms with van der Waals surface area (Å²) in [7, 11) is 0. The molecule has 0 radical (unpaired) electrons. The fraction of sp³-hybridized carbons (Fsp3) is 0.533. The van der Waals surface area contributed by atoms with Crippen LogP contribution in [0.1, 0.15) is 32.3 Å². The van der Waals surface area contributed by atoms with Crippen LogP contribution in [0.3, 0.4) is 0 Å². The van der Waals surface area contributed by atoms with E-state index in [1.807, 2.05) is 32.9 Å². The first-order chi connectivity index (χ1) is 9.76. The summed E-state index contributed by atoms with van der Waals surface area (Å²) in [6.45, 7) is 6.96. The topological polar surface area (TPSA) is 50.4 Å². The van der Waals surface area contributed by atoms with Gasteiger partial charge in [-0.05, 0) is 38.5 Å². The van der Waals surface area contributed by atoms with E-state index in [1.165, 1.54) is 0 Å². The SMILES string of the molecule is CC(C)(C)OC(=O)NC1CNCC1c1ccc(Cl)cc1Cl. The van der Waals surface area contributed by atoms with Crippen molar-refractivity contribution in [3.63, 3.8) is 0 Å². The molecule has 1 fully saturated rings. The van der Waals surface area contributed by atoms with Crippen molar-refractivity contribution in [2.45, 2.75) is 38.3 Å². The second kappa shape index (κ2) is 6.42. The number of ether oxygens (including phenoxy) is 1. The molecule has 2 atom stereocenters. The Kier molecular flexibility index (Phi) is 5.02. The molecule has 21 heavy (non-hydrogen) atoms. The Morgan fingerprint density at radius 1 is 1.33 bits per heavy atom. The van der Waals surface area contributed by atoms with Crippen LogP contribution < -0.4 is 10.6 Å². The van der Waals surface area contributed by atoms with Crippen molar-refractivity contribution in [2.75, 3.05) is 13.1 Å². The van der Waals surface area contributed by atoms with Crippen molar-refractivity contribution < 1.29 is 9.53 Å². The predicted octanol–water partition coefficient (Wildman–Crippen LogP) is 3.57. The monoisotopic (exact) mass is 330 g/mol. The molecule has 1 saturated heterocycles. The quantitative estimate of drug-likeness (QED) is 0.871. The Morgan fingerprint density at radius 2 is 2.05 bits per heavy atom. The van der Waals surface area contributed by atoms with Crippen molar-refractivity contribution in [3.8, 4) is 0 Å². The van der Waals surface area contributed by atoms with Gasteiger partial charge in [-0.3, -0.25) is 0 Å². The Bertz CT molecular complexity index is 529. The van der Waals surface area contributed by atoms with Crippen molar-refractivity contribution in [1.82, 2.24) is 10.6 Å². The zero-order valence-corrected chi connectivity index (χ0v) is 13.9. The van der Waals surface area contributed by atoms with E-state index in [0.29, 0.717) is 16.6 Å². The van der Waals surface area contributed by atoms with Crippen LogP contribution in [-0.2, 0) is 4.74 Å². The van der Waals surface area contributed by atoms with E-state index in [0.717, 1.165) is 12.1 Å². The lowest BCUT2D eigenvalue weighted by Gasteiger charge is -2.24. The van der Waals surface area contributed by atoms with E-state index in [4.69, 9.17) is 27.9 Å². The highest BCUT2D eigenvalue weighted by Crippen LogP contribution is 2.31. The summed E-state index contributed by atoms with van der Waals surface area (Å²) in [6.07, 6.45) is -0.411. The lowest BCUT2D eigenvalue weighted by molar-refractivity contribution is 0.0504. The minimum Gasteiger partial charge on any atom is -0.444 e. The number of rotatable bonds is 2. The van der Waals surface area contributed by atoms with Crippen LogP contribution in [0.5, 0.6) is 0 Å². The van der Waals surface area contributed by atoms with Gasteiger partial charge in [0.25, 0.3) is 0 Å². The third-order valence-electron chi connectivity index (χ3n) is 3.28. The molecule has 0 aliphatic carbocycles. The molecule has 1 aliphatic heterocycles. The minimum absolute atomic E-state index is 0.0569. The van der Waals surface area contributed by atoms with E-state index in [-0.39, 0.29) is 12.0 Å². The summed E-state index contributed by atoms with van der Waals surface area (Å²) in [5.74, 6) is 0.0993. The summed E-state index contributed by atoms with van der Waals surface area (Å²) in [6, 6.07) is 5.39. The Hall–Kier alpha value is -0.970. The van der Waals surface area contributed by atoms with Gasteiger partial charge in [-0.1, -0.05) is 29.3 Å². The molecular formula is C15H20Cl2N2O2. The van der Waals surface area contributed by atoms with E-state index < -0.39 is 11.7 Å². The van der Waals surface area contributed by atoms with Crippen molar-refractivity contribution in [2.24, 2.45) is 0 Å². The maximum absolute atomic E-state index is 11.9. The predicted molar refractivity (Wildman–Crippen MR) is 85.2 cm³/mol. The Balaban J connectivity index is 2.08. The van der Waals surface area contributed by atoms with Crippen molar-refractivity contribution in [1.29, 1.82) is 0 Å². The molecule has 116 valence electrons. The van der Waals surface area contributed by atoms with Gasteiger partial charge in [0.2, 0.25) is 0 Å². The number of carbonyl (C=O) groups is 1. The fourth-order valence-corrected chi connectivity index (χ4v) is 2.97. The number of hydrogen-bond acceptors (Lipinski definition) is 3. The van der Waals surface area contributed by atoms with E-state index in [1.54, 1.807) is 6.07 Å². The third kappa shape index (κ3) is 4.50. The average Bonchev–Trinajstić information content (AvgIpc) is 2.74. The first-order valence-electron chi connectivity index (χ1n) is 6.91. The maximum atomic E-state index is 11.9. The zero-order valence-electron chi connectivity index (χ0n) is 12.4. The maximum Gasteiger partial charge on any atom is 0.407 e. The molecule has 6 heteroatoms. The van der Waals surface area contributed by atoms with Crippen LogP contribution >= 0.6 is 23.2 Å². The van der Waals surface area contributed by atoms with Crippen molar-refractivity contribution >= 4 is 29.3 Å². The molecule has 4 nitrogen and oxygen atoms in total. The van der Waals surface area contributed by atoms with Crippen LogP contribution in [0.25, 0.3) is 0 Å². The lowest BCUT2D eigenvalue weighted by atomic mass is 9.94. The molecule has 1 amide bonds. The number of hydrogen-bond donors (Lipinski definition) is 2. The van der Waals surface area contributed by atoms with E-state index in [9.17, 15) is 4.79 Å². The number of carbonyl (C=O) groups excluding carboxylic acids is 1. The van der Waals surface area contributed by atoms with Gasteiger partial charge in [0.1, 0.15) is 5.60 Å². The van der Waals surface area contributed by atoms with Gasteiger partial charge in [-0.2, -0.15) is 0 Å². The number of alkyl carbamates (subject to hydrolysis) is 1. The van der Waals surface area contributed by atoms with Gasteiger partial charge in [0.15, 0.2) is 0 Å². The highest BCUT2D eigenvalue weighted by atomic mass is 35.5. The molecular weight excluding hydrogens is 311 g/mol. The van der Waals surface area contributed by atoms with E-state index >= 15 is 0 Å². The van der Waals surface area contributed by atoms with Crippen LogP contribution in [0.15, 0.2) is 18.2 Å². The molecule has 2 unspecified atom stereocenters. The van der Waals surface area contributed by atoms with Gasteiger partial charge in [-0.25, -0.2) is 4.79 Å². The molecule has 2 rings (SSSR count). The summed E-state index contributed by atoms with van der Waals surface area (Å²) < 4.78 is 5.30. The summed E-state index contributed by atoms with van der Waals surface area (Å²) in [5.41, 5.74) is 0.468. The van der Waals surface area contributed by atoms with Gasteiger partial charge in [-0.15, -0.1) is 0 Å². The summed E-state index contributed by atoms with van der Waals surface area (Å²) >= 11 is 12.2. The molecule has 2 N–H and O–H groups in total. The number of amides is 1. The second-order valence-corrected chi connectivity index (χ2v) is 7.03. The Labute approximate surface area is 135 Å². The molecule has 1 heterocycles. The van der Waals surface area contributed by atoms with Crippen LogP contribution in [0, 0.1) is 0 Å². The lowest BCUT2D eigenvalue weighted by Crippen LogP contribution is -2.42. The summed E-state index contributed by atoms with van der Waals surface area (Å²) in [4.78, 5) is 11.9. The van der Waals surface area contributed by atoms with Crippen LogP contribution in [0.4, 0.5) is 4.79 Å². The minimum atomic E-state index is -0.510. The molecule has 0 bridgehead atoms. The average molecular weight is 331 g/mol. The Morgan fingerprint density at radius 3 is 2.67 bits per heavy atom. The first kappa shape index (κ1) is 16.4. The van der Waals surface area contributed by atoms with Crippen molar-refractivity contribution in [3.05, 3.63) is 33.8 Å². The summed E-state index contributed by atoms with van der Waals surface area (Å²) in [5, 5.41) is 7.40. The highest BCUT2D eigenvalue weighted by Gasteiger charge is 2.32. The molecule has 0 aromatic heterocycles. The second-order valence-electron chi connectivity index (χ2n) is 6.18. The highest BCUT2D eigenvalue weighted by molar-refractivity contribution is 6.35. The van der Waals surface area contributed by atoms with Gasteiger partial charge < -0.3 is 15.4 Å². The van der Waals surface area contributed by atoms with E-state index in [2.05, 4.69) is 10.6 Å². The van der Waals surface area contributed by atoms with Gasteiger partial charge in [0, 0.05) is 29.1 Å². The van der Waals surface area contributed by atoms with Gasteiger partial charge in [0.05, 0.1) is 6.04 Å². The standard InChI is InChI=1S/C15H20Cl2N2O2/c1-15(2,3)21-14(20)19-13-8-18-7-11(13)10-5-4-9(16)6-12(10)17/h4-6,11,13,18H,7-8H2,1-3H3,(H,19,20). The normalized spacial score (nSPS) is 22.1.